The van der Waals surface area contributed by atoms with E-state index in [0.29, 0.717) is 24.9 Å². The Morgan fingerprint density at radius 3 is 2.55 bits per heavy atom. The van der Waals surface area contributed by atoms with Crippen molar-refractivity contribution in [2.75, 3.05) is 13.6 Å². The Hall–Kier alpha value is -1.22. The van der Waals surface area contributed by atoms with Gasteiger partial charge < -0.3 is 0 Å². The second-order valence-corrected chi connectivity index (χ2v) is 6.09. The van der Waals surface area contributed by atoms with Crippen LogP contribution in [0.3, 0.4) is 0 Å². The van der Waals surface area contributed by atoms with Crippen molar-refractivity contribution < 1.29 is 9.18 Å². The predicted molar refractivity (Wildman–Crippen MR) is 79.2 cm³/mol. The summed E-state index contributed by atoms with van der Waals surface area (Å²) in [6.45, 7) is 2.77. The molecule has 1 aromatic rings. The highest BCUT2D eigenvalue weighted by atomic mass is 19.1. The van der Waals surface area contributed by atoms with Gasteiger partial charge in [0.15, 0.2) is 5.78 Å². The number of hydrogen-bond donors (Lipinski definition) is 0. The van der Waals surface area contributed by atoms with Crippen LogP contribution in [0.1, 0.15) is 38.2 Å². The van der Waals surface area contributed by atoms with Gasteiger partial charge in [-0.2, -0.15) is 0 Å². The first-order valence-corrected chi connectivity index (χ1v) is 7.52. The Labute approximate surface area is 121 Å². The molecule has 1 aromatic carbocycles. The first kappa shape index (κ1) is 15.2. The summed E-state index contributed by atoms with van der Waals surface area (Å²) in [4.78, 5) is 14.3. The predicted octanol–water partition coefficient (Wildman–Crippen LogP) is 3.45. The molecule has 0 heterocycles. The highest BCUT2D eigenvalue weighted by Crippen LogP contribution is 2.27. The third-order valence-corrected chi connectivity index (χ3v) is 4.37. The molecule has 0 saturated heterocycles. The molecule has 2 unspecified atom stereocenters. The van der Waals surface area contributed by atoms with E-state index in [1.54, 1.807) is 12.1 Å². The Balaban J connectivity index is 1.85. The van der Waals surface area contributed by atoms with E-state index in [-0.39, 0.29) is 11.6 Å². The van der Waals surface area contributed by atoms with Crippen molar-refractivity contribution >= 4 is 5.78 Å². The van der Waals surface area contributed by atoms with Gasteiger partial charge in [-0.1, -0.05) is 31.9 Å². The molecule has 0 bridgehead atoms. The third-order valence-electron chi connectivity index (χ3n) is 4.37. The number of carbonyl (C=O) groups excluding carboxylic acids is 1. The van der Waals surface area contributed by atoms with Crippen LogP contribution < -0.4 is 0 Å². The summed E-state index contributed by atoms with van der Waals surface area (Å²) in [5, 5.41) is 0. The second-order valence-electron chi connectivity index (χ2n) is 6.09. The van der Waals surface area contributed by atoms with Crippen LogP contribution in [0.25, 0.3) is 0 Å². The average molecular weight is 277 g/mol. The summed E-state index contributed by atoms with van der Waals surface area (Å²) >= 11 is 0. The average Bonchev–Trinajstić information content (AvgIpc) is 2.41. The van der Waals surface area contributed by atoms with Crippen LogP contribution in [0.4, 0.5) is 4.39 Å². The van der Waals surface area contributed by atoms with E-state index in [1.807, 2.05) is 0 Å². The molecule has 0 amide bonds. The topological polar surface area (TPSA) is 20.3 Å². The third kappa shape index (κ3) is 4.14. The lowest BCUT2D eigenvalue weighted by molar-refractivity contribution is -0.120. The highest BCUT2D eigenvalue weighted by Gasteiger charge is 2.25. The van der Waals surface area contributed by atoms with Crippen LogP contribution in [-0.4, -0.2) is 30.3 Å². The van der Waals surface area contributed by atoms with Crippen molar-refractivity contribution in [3.05, 3.63) is 35.6 Å². The zero-order valence-electron chi connectivity index (χ0n) is 12.4. The van der Waals surface area contributed by atoms with Gasteiger partial charge in [0, 0.05) is 12.5 Å². The molecule has 1 aliphatic rings. The smallest absolute Gasteiger partial charge is 0.151 e. The van der Waals surface area contributed by atoms with E-state index >= 15 is 0 Å². The SMILES string of the molecule is CC1CCCCC1N(C)CC(=O)Cc1ccc(F)cc1. The van der Waals surface area contributed by atoms with Crippen molar-refractivity contribution in [2.45, 2.75) is 45.1 Å². The highest BCUT2D eigenvalue weighted by molar-refractivity contribution is 5.82. The van der Waals surface area contributed by atoms with Crippen molar-refractivity contribution in [3.63, 3.8) is 0 Å². The molecule has 2 nitrogen and oxygen atoms in total. The normalized spacial score (nSPS) is 23.0. The van der Waals surface area contributed by atoms with Crippen molar-refractivity contribution in [1.82, 2.24) is 4.90 Å². The van der Waals surface area contributed by atoms with E-state index in [9.17, 15) is 9.18 Å². The quantitative estimate of drug-likeness (QED) is 0.821. The first-order chi connectivity index (χ1) is 9.56. The molecule has 3 heteroatoms. The molecule has 20 heavy (non-hydrogen) atoms. The summed E-state index contributed by atoms with van der Waals surface area (Å²) in [6, 6.07) is 6.73. The fourth-order valence-electron chi connectivity index (χ4n) is 3.23. The number of rotatable bonds is 5. The molecule has 0 spiro atoms. The molecule has 0 aliphatic heterocycles. The van der Waals surface area contributed by atoms with E-state index in [0.717, 1.165) is 5.56 Å². The van der Waals surface area contributed by atoms with E-state index in [4.69, 9.17) is 0 Å². The van der Waals surface area contributed by atoms with E-state index in [1.165, 1.54) is 37.8 Å². The fourth-order valence-corrected chi connectivity index (χ4v) is 3.23. The Bertz CT molecular complexity index is 443. The second kappa shape index (κ2) is 6.98. The van der Waals surface area contributed by atoms with Gasteiger partial charge in [0.2, 0.25) is 0 Å². The molecular weight excluding hydrogens is 253 g/mol. The van der Waals surface area contributed by atoms with Crippen LogP contribution in [0, 0.1) is 11.7 Å². The lowest BCUT2D eigenvalue weighted by atomic mass is 9.85. The zero-order valence-corrected chi connectivity index (χ0v) is 12.4. The fraction of sp³-hybridized carbons (Fsp3) is 0.588. The molecule has 0 N–H and O–H groups in total. The lowest BCUT2D eigenvalue weighted by Gasteiger charge is -2.35. The Kier molecular flexibility index (Phi) is 5.30. The number of likely N-dealkylation sites (N-methyl/N-ethyl adjacent to an activating group) is 1. The van der Waals surface area contributed by atoms with Crippen LogP contribution >= 0.6 is 0 Å². The van der Waals surface area contributed by atoms with Gasteiger partial charge in [0.05, 0.1) is 6.54 Å². The molecule has 0 aromatic heterocycles. The van der Waals surface area contributed by atoms with Gasteiger partial charge in [-0.25, -0.2) is 4.39 Å². The van der Waals surface area contributed by atoms with Gasteiger partial charge in [-0.05, 0) is 43.5 Å². The molecule has 1 aliphatic carbocycles. The molecule has 2 rings (SSSR count). The molecule has 1 saturated carbocycles. The summed E-state index contributed by atoms with van der Waals surface area (Å²) in [7, 11) is 2.05. The number of Topliss-reactive ketones (excluding diaryl/α,β-unsaturated/α-hetero) is 1. The van der Waals surface area contributed by atoms with Gasteiger partial charge >= 0.3 is 0 Å². The number of benzene rings is 1. The maximum Gasteiger partial charge on any atom is 0.151 e. The van der Waals surface area contributed by atoms with E-state index in [2.05, 4.69) is 18.9 Å². The maximum atomic E-state index is 12.8. The van der Waals surface area contributed by atoms with Gasteiger partial charge in [-0.15, -0.1) is 0 Å². The van der Waals surface area contributed by atoms with Gasteiger partial charge in [-0.3, -0.25) is 9.69 Å². The lowest BCUT2D eigenvalue weighted by Crippen LogP contribution is -2.41. The van der Waals surface area contributed by atoms with Gasteiger partial charge in [0.25, 0.3) is 0 Å². The zero-order chi connectivity index (χ0) is 14.5. The van der Waals surface area contributed by atoms with Crippen LogP contribution in [-0.2, 0) is 11.2 Å². The Morgan fingerprint density at radius 2 is 1.90 bits per heavy atom. The van der Waals surface area contributed by atoms with Crippen LogP contribution in [0.2, 0.25) is 0 Å². The number of nitrogens with zero attached hydrogens (tertiary/aromatic N) is 1. The van der Waals surface area contributed by atoms with Crippen molar-refractivity contribution in [2.24, 2.45) is 5.92 Å². The number of hydrogen-bond acceptors (Lipinski definition) is 2. The van der Waals surface area contributed by atoms with Crippen molar-refractivity contribution in [1.29, 1.82) is 0 Å². The monoisotopic (exact) mass is 277 g/mol. The summed E-state index contributed by atoms with van der Waals surface area (Å²) in [5.41, 5.74) is 0.890. The van der Waals surface area contributed by atoms with E-state index < -0.39 is 0 Å². The minimum absolute atomic E-state index is 0.205. The molecule has 0 radical (unpaired) electrons. The minimum atomic E-state index is -0.255. The van der Waals surface area contributed by atoms with Crippen molar-refractivity contribution in [3.8, 4) is 0 Å². The largest absolute Gasteiger partial charge is 0.298 e. The minimum Gasteiger partial charge on any atom is -0.298 e. The Morgan fingerprint density at radius 1 is 1.25 bits per heavy atom. The number of ketones is 1. The van der Waals surface area contributed by atoms with Crippen LogP contribution in [0.15, 0.2) is 24.3 Å². The summed E-state index contributed by atoms with van der Waals surface area (Å²) in [5.74, 6) is 0.624. The number of halogens is 1. The first-order valence-electron chi connectivity index (χ1n) is 7.52. The molecule has 110 valence electrons. The maximum absolute atomic E-state index is 12.8. The van der Waals surface area contributed by atoms with Gasteiger partial charge in [0.1, 0.15) is 5.82 Å². The molecule has 1 fully saturated rings. The molecular formula is C17H24FNO. The number of carbonyl (C=O) groups is 1. The standard InChI is InChI=1S/C17H24FNO/c1-13-5-3-4-6-17(13)19(2)12-16(20)11-14-7-9-15(18)10-8-14/h7-10,13,17H,3-6,11-12H2,1-2H3. The van der Waals surface area contributed by atoms with Crippen LogP contribution in [0.5, 0.6) is 0 Å². The summed E-state index contributed by atoms with van der Waals surface area (Å²) in [6.07, 6.45) is 5.44. The molecule has 2 atom stereocenters. The summed E-state index contributed by atoms with van der Waals surface area (Å²) < 4.78 is 12.8.